The maximum Gasteiger partial charge on any atom is 0.0409 e. The number of halogens is 1. The third kappa shape index (κ3) is 2.10. The van der Waals surface area contributed by atoms with Gasteiger partial charge in [0.25, 0.3) is 0 Å². The van der Waals surface area contributed by atoms with Gasteiger partial charge in [-0.15, -0.1) is 0 Å². The minimum atomic E-state index is 0.490. The molecule has 1 nitrogen and oxygen atoms in total. The molecule has 0 amide bonds. The van der Waals surface area contributed by atoms with Gasteiger partial charge in [-0.1, -0.05) is 23.7 Å². The lowest BCUT2D eigenvalue weighted by atomic mass is 9.50. The van der Waals surface area contributed by atoms with Gasteiger partial charge in [-0.2, -0.15) is 0 Å². The van der Waals surface area contributed by atoms with Crippen molar-refractivity contribution in [3.05, 3.63) is 34.9 Å². The predicted octanol–water partition coefficient (Wildman–Crippen LogP) is 4.67. The van der Waals surface area contributed by atoms with Crippen LogP contribution in [0.5, 0.6) is 0 Å². The molecule has 0 saturated heterocycles. The molecule has 4 bridgehead atoms. The van der Waals surface area contributed by atoms with Crippen LogP contribution in [-0.4, -0.2) is 7.05 Å². The minimum Gasteiger partial charge on any atom is -0.313 e. The Labute approximate surface area is 127 Å². The van der Waals surface area contributed by atoms with E-state index in [1.54, 1.807) is 0 Å². The molecule has 4 saturated carbocycles. The molecule has 1 N–H and O–H groups in total. The molecule has 1 aromatic carbocycles. The molecular formula is C18H24ClN. The first kappa shape index (κ1) is 13.2. The Bertz CT molecular complexity index is 470. The van der Waals surface area contributed by atoms with Crippen molar-refractivity contribution in [2.45, 2.75) is 38.1 Å². The zero-order chi connectivity index (χ0) is 13.7. The second kappa shape index (κ2) is 5.03. The summed E-state index contributed by atoms with van der Waals surface area (Å²) in [5.74, 6) is 4.81. The molecule has 20 heavy (non-hydrogen) atoms. The molecule has 0 aromatic heterocycles. The molecule has 5 rings (SSSR count). The van der Waals surface area contributed by atoms with E-state index in [2.05, 4.69) is 30.6 Å². The van der Waals surface area contributed by atoms with Crippen LogP contribution in [0.1, 0.15) is 43.7 Å². The fraction of sp³-hybridized carbons (Fsp3) is 0.667. The molecule has 0 radical (unpaired) electrons. The molecule has 1 unspecified atom stereocenters. The monoisotopic (exact) mass is 289 g/mol. The highest BCUT2D eigenvalue weighted by atomic mass is 35.5. The summed E-state index contributed by atoms with van der Waals surface area (Å²) in [5.41, 5.74) is 1.39. The zero-order valence-electron chi connectivity index (χ0n) is 12.2. The normalized spacial score (nSPS) is 40.0. The Hall–Kier alpha value is -0.530. The largest absolute Gasteiger partial charge is 0.313 e. The second-order valence-corrected chi connectivity index (χ2v) is 7.77. The third-order valence-electron chi connectivity index (χ3n) is 6.20. The fourth-order valence-corrected chi connectivity index (χ4v) is 5.99. The van der Waals surface area contributed by atoms with Gasteiger partial charge in [0.2, 0.25) is 0 Å². The summed E-state index contributed by atoms with van der Waals surface area (Å²) in [7, 11) is 2.12. The fourth-order valence-electron chi connectivity index (χ4n) is 5.79. The number of nitrogens with one attached hydrogen (secondary N) is 1. The Morgan fingerprint density at radius 3 is 2.25 bits per heavy atom. The molecule has 4 aliphatic rings. The van der Waals surface area contributed by atoms with Crippen LogP contribution in [0, 0.1) is 29.6 Å². The molecule has 4 aliphatic carbocycles. The summed E-state index contributed by atoms with van der Waals surface area (Å²) in [6.07, 6.45) is 7.46. The van der Waals surface area contributed by atoms with Crippen LogP contribution in [0.3, 0.4) is 0 Å². The number of benzene rings is 1. The predicted molar refractivity (Wildman–Crippen MR) is 83.8 cm³/mol. The second-order valence-electron chi connectivity index (χ2n) is 7.33. The molecule has 1 atom stereocenters. The number of rotatable bonds is 3. The van der Waals surface area contributed by atoms with E-state index in [4.69, 9.17) is 11.6 Å². The van der Waals surface area contributed by atoms with Crippen LogP contribution < -0.4 is 5.32 Å². The van der Waals surface area contributed by atoms with Crippen molar-refractivity contribution >= 4 is 11.6 Å². The van der Waals surface area contributed by atoms with Crippen molar-refractivity contribution < 1.29 is 0 Å². The van der Waals surface area contributed by atoms with E-state index in [0.717, 1.165) is 34.6 Å². The SMILES string of the molecule is CNC(c1cccc(Cl)c1)C1C2CC3CC(C2)CC1C3. The van der Waals surface area contributed by atoms with Gasteiger partial charge in [0.05, 0.1) is 0 Å². The summed E-state index contributed by atoms with van der Waals surface area (Å²) in [6, 6.07) is 8.97. The zero-order valence-corrected chi connectivity index (χ0v) is 12.9. The quantitative estimate of drug-likeness (QED) is 0.852. The van der Waals surface area contributed by atoms with Gasteiger partial charge >= 0.3 is 0 Å². The van der Waals surface area contributed by atoms with Crippen LogP contribution in [0.25, 0.3) is 0 Å². The first-order valence-corrected chi connectivity index (χ1v) is 8.55. The van der Waals surface area contributed by atoms with E-state index in [1.807, 2.05) is 6.07 Å². The summed E-state index contributed by atoms with van der Waals surface area (Å²) in [5, 5.41) is 4.48. The highest BCUT2D eigenvalue weighted by molar-refractivity contribution is 6.30. The lowest BCUT2D eigenvalue weighted by Crippen LogP contribution is -2.49. The van der Waals surface area contributed by atoms with E-state index in [1.165, 1.54) is 37.7 Å². The van der Waals surface area contributed by atoms with Crippen molar-refractivity contribution in [1.29, 1.82) is 0 Å². The first-order chi connectivity index (χ1) is 9.74. The van der Waals surface area contributed by atoms with Crippen molar-refractivity contribution in [3.8, 4) is 0 Å². The molecule has 0 spiro atoms. The number of hydrogen-bond acceptors (Lipinski definition) is 1. The average Bonchev–Trinajstić information content (AvgIpc) is 2.42. The topological polar surface area (TPSA) is 12.0 Å². The van der Waals surface area contributed by atoms with Gasteiger partial charge in [-0.25, -0.2) is 0 Å². The van der Waals surface area contributed by atoms with E-state index >= 15 is 0 Å². The average molecular weight is 290 g/mol. The Kier molecular flexibility index (Phi) is 3.31. The highest BCUT2D eigenvalue weighted by Gasteiger charge is 2.50. The third-order valence-corrected chi connectivity index (χ3v) is 6.44. The van der Waals surface area contributed by atoms with Crippen LogP contribution in [-0.2, 0) is 0 Å². The first-order valence-electron chi connectivity index (χ1n) is 8.17. The molecule has 0 aliphatic heterocycles. The number of hydrogen-bond donors (Lipinski definition) is 1. The van der Waals surface area contributed by atoms with E-state index < -0.39 is 0 Å². The summed E-state index contributed by atoms with van der Waals surface area (Å²) >= 11 is 6.21. The molecule has 4 fully saturated rings. The van der Waals surface area contributed by atoms with Crippen molar-refractivity contribution in [2.24, 2.45) is 29.6 Å². The van der Waals surface area contributed by atoms with Gasteiger partial charge in [-0.3, -0.25) is 0 Å². The molecule has 0 heterocycles. The highest BCUT2D eigenvalue weighted by Crippen LogP contribution is 2.59. The lowest BCUT2D eigenvalue weighted by Gasteiger charge is -2.56. The van der Waals surface area contributed by atoms with Crippen LogP contribution in [0.15, 0.2) is 24.3 Å². The van der Waals surface area contributed by atoms with Gasteiger partial charge in [0, 0.05) is 11.1 Å². The van der Waals surface area contributed by atoms with E-state index in [-0.39, 0.29) is 0 Å². The van der Waals surface area contributed by atoms with Gasteiger partial charge in [0.15, 0.2) is 0 Å². The maximum absolute atomic E-state index is 6.21. The van der Waals surface area contributed by atoms with Gasteiger partial charge < -0.3 is 5.32 Å². The minimum absolute atomic E-state index is 0.490. The Morgan fingerprint density at radius 1 is 1.05 bits per heavy atom. The van der Waals surface area contributed by atoms with E-state index in [0.29, 0.717) is 6.04 Å². The Balaban J connectivity index is 1.65. The van der Waals surface area contributed by atoms with Gasteiger partial charge in [-0.05, 0) is 86.4 Å². The van der Waals surface area contributed by atoms with Crippen molar-refractivity contribution in [1.82, 2.24) is 5.32 Å². The van der Waals surface area contributed by atoms with E-state index in [9.17, 15) is 0 Å². The summed E-state index contributed by atoms with van der Waals surface area (Å²) in [4.78, 5) is 0. The smallest absolute Gasteiger partial charge is 0.0409 e. The van der Waals surface area contributed by atoms with Crippen LogP contribution >= 0.6 is 11.6 Å². The molecule has 2 heteroatoms. The lowest BCUT2D eigenvalue weighted by molar-refractivity contribution is -0.0515. The summed E-state index contributed by atoms with van der Waals surface area (Å²) in [6.45, 7) is 0. The Morgan fingerprint density at radius 2 is 1.70 bits per heavy atom. The van der Waals surface area contributed by atoms with Crippen molar-refractivity contribution in [3.63, 3.8) is 0 Å². The van der Waals surface area contributed by atoms with Crippen molar-refractivity contribution in [2.75, 3.05) is 7.05 Å². The van der Waals surface area contributed by atoms with Crippen LogP contribution in [0.2, 0.25) is 5.02 Å². The maximum atomic E-state index is 6.21. The van der Waals surface area contributed by atoms with Gasteiger partial charge in [0.1, 0.15) is 0 Å². The molecule has 1 aromatic rings. The standard InChI is InChI=1S/C18H24ClN/c1-20-18(13-3-2-4-16(19)10-13)17-14-6-11-5-12(8-14)9-15(17)7-11/h2-4,10-12,14-15,17-18,20H,5-9H2,1H3. The molecular weight excluding hydrogens is 266 g/mol. The summed E-state index contributed by atoms with van der Waals surface area (Å²) < 4.78 is 0. The molecule has 108 valence electrons. The van der Waals surface area contributed by atoms with Crippen LogP contribution in [0.4, 0.5) is 0 Å².